The molecule has 4 nitrogen and oxygen atoms in total. The smallest absolute Gasteiger partial charge is 0.314 e. The Labute approximate surface area is 129 Å². The fourth-order valence-corrected chi connectivity index (χ4v) is 2.07. The summed E-state index contributed by atoms with van der Waals surface area (Å²) < 4.78 is 6.31. The zero-order valence-corrected chi connectivity index (χ0v) is 14.1. The summed E-state index contributed by atoms with van der Waals surface area (Å²) >= 11 is 3.44. The predicted octanol–water partition coefficient (Wildman–Crippen LogP) is 3.35. The molecule has 0 heterocycles. The normalized spacial score (nSPS) is 11.1. The van der Waals surface area contributed by atoms with Crippen LogP contribution in [-0.4, -0.2) is 26.2 Å². The van der Waals surface area contributed by atoms with E-state index in [1.54, 1.807) is 7.11 Å². The van der Waals surface area contributed by atoms with Gasteiger partial charge in [0.05, 0.1) is 7.11 Å². The Morgan fingerprint density at radius 3 is 2.60 bits per heavy atom. The summed E-state index contributed by atoms with van der Waals surface area (Å²) in [4.78, 5) is 11.6. The number of halogens is 1. The van der Waals surface area contributed by atoms with Crippen LogP contribution in [-0.2, 0) is 6.42 Å². The fourth-order valence-electron chi connectivity index (χ4n) is 1.66. The second-order valence-corrected chi connectivity index (χ2v) is 6.79. The average molecular weight is 343 g/mol. The van der Waals surface area contributed by atoms with E-state index >= 15 is 0 Å². The van der Waals surface area contributed by atoms with Gasteiger partial charge in [-0.1, -0.05) is 36.7 Å². The number of nitrogens with one attached hydrogen (secondary N) is 2. The molecule has 0 bridgehead atoms. The van der Waals surface area contributed by atoms with E-state index in [1.807, 2.05) is 18.2 Å². The maximum atomic E-state index is 11.6. The molecular weight excluding hydrogens is 320 g/mol. The molecule has 0 aromatic heterocycles. The third kappa shape index (κ3) is 6.28. The number of hydrogen-bond donors (Lipinski definition) is 2. The van der Waals surface area contributed by atoms with Crippen molar-refractivity contribution in [3.05, 3.63) is 28.2 Å². The monoisotopic (exact) mass is 342 g/mol. The Morgan fingerprint density at radius 2 is 2.00 bits per heavy atom. The lowest BCUT2D eigenvalue weighted by Gasteiger charge is -2.19. The van der Waals surface area contributed by atoms with Crippen molar-refractivity contribution in [1.29, 1.82) is 0 Å². The van der Waals surface area contributed by atoms with E-state index in [0.717, 1.165) is 22.2 Å². The van der Waals surface area contributed by atoms with Crippen molar-refractivity contribution in [3.8, 4) is 5.75 Å². The van der Waals surface area contributed by atoms with Crippen molar-refractivity contribution >= 4 is 22.0 Å². The largest absolute Gasteiger partial charge is 0.496 e. The van der Waals surface area contributed by atoms with Crippen LogP contribution >= 0.6 is 15.9 Å². The first-order valence-corrected chi connectivity index (χ1v) is 7.45. The SMILES string of the molecule is COc1ccc(Br)cc1CCNC(=O)NCC(C)(C)C. The molecule has 0 atom stereocenters. The van der Waals surface area contributed by atoms with E-state index < -0.39 is 0 Å². The summed E-state index contributed by atoms with van der Waals surface area (Å²) in [5, 5.41) is 5.71. The van der Waals surface area contributed by atoms with Crippen LogP contribution in [0.15, 0.2) is 22.7 Å². The minimum atomic E-state index is -0.131. The molecule has 0 spiro atoms. The molecule has 0 aliphatic heterocycles. The molecule has 1 aromatic rings. The van der Waals surface area contributed by atoms with E-state index in [1.165, 1.54) is 0 Å². The topological polar surface area (TPSA) is 50.4 Å². The van der Waals surface area contributed by atoms with Crippen molar-refractivity contribution in [2.45, 2.75) is 27.2 Å². The van der Waals surface area contributed by atoms with Gasteiger partial charge in [0.15, 0.2) is 0 Å². The maximum absolute atomic E-state index is 11.6. The van der Waals surface area contributed by atoms with Gasteiger partial charge >= 0.3 is 6.03 Å². The van der Waals surface area contributed by atoms with Crippen molar-refractivity contribution in [3.63, 3.8) is 0 Å². The highest BCUT2D eigenvalue weighted by molar-refractivity contribution is 9.10. The summed E-state index contributed by atoms with van der Waals surface area (Å²) in [5.74, 6) is 0.838. The number of methoxy groups -OCH3 is 1. The van der Waals surface area contributed by atoms with E-state index in [4.69, 9.17) is 4.74 Å². The number of ether oxygens (including phenoxy) is 1. The van der Waals surface area contributed by atoms with E-state index in [-0.39, 0.29) is 11.4 Å². The van der Waals surface area contributed by atoms with Crippen LogP contribution in [0.2, 0.25) is 0 Å². The quantitative estimate of drug-likeness (QED) is 0.862. The van der Waals surface area contributed by atoms with Gasteiger partial charge in [0, 0.05) is 17.6 Å². The first kappa shape index (κ1) is 16.8. The number of carbonyl (C=O) groups is 1. The van der Waals surface area contributed by atoms with Crippen molar-refractivity contribution < 1.29 is 9.53 Å². The van der Waals surface area contributed by atoms with E-state index in [2.05, 4.69) is 47.3 Å². The van der Waals surface area contributed by atoms with Gasteiger partial charge in [-0.3, -0.25) is 0 Å². The molecule has 1 rings (SSSR count). The first-order chi connectivity index (χ1) is 9.31. The zero-order chi connectivity index (χ0) is 15.2. The molecule has 1 aromatic carbocycles. The molecule has 5 heteroatoms. The standard InChI is InChI=1S/C15H23BrN2O2/c1-15(2,3)10-18-14(19)17-8-7-11-9-12(16)5-6-13(11)20-4/h5-6,9H,7-8,10H2,1-4H3,(H2,17,18,19). The molecule has 0 fully saturated rings. The Bertz CT molecular complexity index is 456. The van der Waals surface area contributed by atoms with Crippen LogP contribution in [0, 0.1) is 5.41 Å². The Morgan fingerprint density at radius 1 is 1.30 bits per heavy atom. The van der Waals surface area contributed by atoms with Gasteiger partial charge < -0.3 is 15.4 Å². The minimum Gasteiger partial charge on any atom is -0.496 e. The summed E-state index contributed by atoms with van der Waals surface area (Å²) in [6.07, 6.45) is 0.728. The predicted molar refractivity (Wildman–Crippen MR) is 85.3 cm³/mol. The first-order valence-electron chi connectivity index (χ1n) is 6.66. The van der Waals surface area contributed by atoms with Gasteiger partial charge in [-0.05, 0) is 35.6 Å². The second-order valence-electron chi connectivity index (χ2n) is 5.88. The second kappa shape index (κ2) is 7.53. The van der Waals surface area contributed by atoms with Crippen molar-refractivity contribution in [2.24, 2.45) is 5.41 Å². The van der Waals surface area contributed by atoms with Crippen LogP contribution in [0.25, 0.3) is 0 Å². The highest BCUT2D eigenvalue weighted by Crippen LogP contribution is 2.23. The molecule has 112 valence electrons. The van der Waals surface area contributed by atoms with Gasteiger partial charge in [0.25, 0.3) is 0 Å². The molecule has 0 aliphatic carbocycles. The molecular formula is C15H23BrN2O2. The van der Waals surface area contributed by atoms with Crippen LogP contribution in [0.3, 0.4) is 0 Å². The third-order valence-electron chi connectivity index (χ3n) is 2.70. The van der Waals surface area contributed by atoms with Crippen molar-refractivity contribution in [2.75, 3.05) is 20.2 Å². The van der Waals surface area contributed by atoms with Crippen LogP contribution in [0.1, 0.15) is 26.3 Å². The van der Waals surface area contributed by atoms with Crippen LogP contribution in [0.5, 0.6) is 5.75 Å². The molecule has 2 N–H and O–H groups in total. The Hall–Kier alpha value is -1.23. The molecule has 0 unspecified atom stereocenters. The number of hydrogen-bond acceptors (Lipinski definition) is 2. The summed E-state index contributed by atoms with van der Waals surface area (Å²) in [6.45, 7) is 7.47. The van der Waals surface area contributed by atoms with Gasteiger partial charge in [-0.2, -0.15) is 0 Å². The number of rotatable bonds is 5. The number of amides is 2. The van der Waals surface area contributed by atoms with Gasteiger partial charge in [0.1, 0.15) is 5.75 Å². The highest BCUT2D eigenvalue weighted by atomic mass is 79.9. The third-order valence-corrected chi connectivity index (χ3v) is 3.19. The molecule has 0 saturated heterocycles. The maximum Gasteiger partial charge on any atom is 0.314 e. The Balaban J connectivity index is 2.41. The number of carbonyl (C=O) groups excluding carboxylic acids is 1. The van der Waals surface area contributed by atoms with Crippen LogP contribution in [0.4, 0.5) is 4.79 Å². The number of benzene rings is 1. The minimum absolute atomic E-state index is 0.0881. The van der Waals surface area contributed by atoms with Crippen molar-refractivity contribution in [1.82, 2.24) is 10.6 Å². The van der Waals surface area contributed by atoms with E-state index in [9.17, 15) is 4.79 Å². The molecule has 0 saturated carbocycles. The molecule has 0 aliphatic rings. The lowest BCUT2D eigenvalue weighted by molar-refractivity contribution is 0.235. The fraction of sp³-hybridized carbons (Fsp3) is 0.533. The lowest BCUT2D eigenvalue weighted by atomic mass is 9.97. The van der Waals surface area contributed by atoms with Gasteiger partial charge in [-0.15, -0.1) is 0 Å². The highest BCUT2D eigenvalue weighted by Gasteiger charge is 2.11. The lowest BCUT2D eigenvalue weighted by Crippen LogP contribution is -2.40. The molecule has 2 amide bonds. The summed E-state index contributed by atoms with van der Waals surface area (Å²) in [7, 11) is 1.65. The van der Waals surface area contributed by atoms with Gasteiger partial charge in [-0.25, -0.2) is 4.79 Å². The molecule has 0 radical (unpaired) electrons. The number of urea groups is 1. The van der Waals surface area contributed by atoms with Crippen LogP contribution < -0.4 is 15.4 Å². The average Bonchev–Trinajstić information content (AvgIpc) is 2.36. The summed E-state index contributed by atoms with van der Waals surface area (Å²) in [6, 6.07) is 5.73. The zero-order valence-electron chi connectivity index (χ0n) is 12.5. The van der Waals surface area contributed by atoms with Gasteiger partial charge in [0.2, 0.25) is 0 Å². The van der Waals surface area contributed by atoms with E-state index in [0.29, 0.717) is 13.1 Å². The Kier molecular flexibility index (Phi) is 6.33. The summed E-state index contributed by atoms with van der Waals surface area (Å²) in [5.41, 5.74) is 1.16. The molecule has 20 heavy (non-hydrogen) atoms.